The SMILES string of the molecule is C[C@H](Sc1ncc(-c2ccccc2)n1C1CC1)c1nc2scc(-c3ccco3)c2c(=O)[nH]1. The molecule has 0 aliphatic heterocycles. The molecule has 1 atom stereocenters. The minimum Gasteiger partial charge on any atom is -0.464 e. The number of hydrogen-bond acceptors (Lipinski definition) is 6. The fourth-order valence-electron chi connectivity index (χ4n) is 3.92. The molecule has 6 rings (SSSR count). The third kappa shape index (κ3) is 3.40. The quantitative estimate of drug-likeness (QED) is 0.301. The van der Waals surface area contributed by atoms with Gasteiger partial charge in [-0.25, -0.2) is 9.97 Å². The Kier molecular flexibility index (Phi) is 4.77. The van der Waals surface area contributed by atoms with Gasteiger partial charge in [-0.1, -0.05) is 42.1 Å². The Morgan fingerprint density at radius 1 is 1.22 bits per heavy atom. The number of rotatable bonds is 6. The van der Waals surface area contributed by atoms with Crippen LogP contribution in [0.3, 0.4) is 0 Å². The first-order valence-electron chi connectivity index (χ1n) is 10.5. The van der Waals surface area contributed by atoms with Crippen LogP contribution in [0.15, 0.2) is 74.7 Å². The van der Waals surface area contributed by atoms with Crippen LogP contribution in [0.2, 0.25) is 0 Å². The van der Waals surface area contributed by atoms with E-state index in [0.717, 1.165) is 21.2 Å². The van der Waals surface area contributed by atoms with Crippen LogP contribution in [0.5, 0.6) is 0 Å². The molecule has 0 spiro atoms. The lowest BCUT2D eigenvalue weighted by molar-refractivity contribution is 0.583. The molecular formula is C24H20N4O2S2. The molecule has 4 aromatic heterocycles. The summed E-state index contributed by atoms with van der Waals surface area (Å²) in [5, 5.41) is 3.42. The Balaban J connectivity index is 1.34. The zero-order valence-electron chi connectivity index (χ0n) is 17.3. The first-order chi connectivity index (χ1) is 15.7. The van der Waals surface area contributed by atoms with E-state index in [1.807, 2.05) is 29.8 Å². The lowest BCUT2D eigenvalue weighted by Crippen LogP contribution is -2.12. The molecule has 1 N–H and O–H groups in total. The number of furan rings is 1. The number of thiophene rings is 1. The van der Waals surface area contributed by atoms with Crippen LogP contribution in [0.1, 0.15) is 36.9 Å². The van der Waals surface area contributed by atoms with E-state index < -0.39 is 0 Å². The average Bonchev–Trinajstić information content (AvgIpc) is 3.19. The van der Waals surface area contributed by atoms with E-state index in [1.165, 1.54) is 29.7 Å². The van der Waals surface area contributed by atoms with Crippen LogP contribution in [0.4, 0.5) is 0 Å². The van der Waals surface area contributed by atoms with Gasteiger partial charge in [0.15, 0.2) is 5.16 Å². The number of H-pyrrole nitrogens is 1. The molecule has 8 heteroatoms. The predicted molar refractivity (Wildman–Crippen MR) is 128 cm³/mol. The van der Waals surface area contributed by atoms with Crippen molar-refractivity contribution in [1.29, 1.82) is 0 Å². The topological polar surface area (TPSA) is 76.7 Å². The van der Waals surface area contributed by atoms with Gasteiger partial charge < -0.3 is 14.0 Å². The highest BCUT2D eigenvalue weighted by Crippen LogP contribution is 2.44. The fraction of sp³-hybridized carbons (Fsp3) is 0.208. The second-order valence-corrected chi connectivity index (χ2v) is 10.1. The van der Waals surface area contributed by atoms with Crippen molar-refractivity contribution in [1.82, 2.24) is 19.5 Å². The number of hydrogen-bond donors (Lipinski definition) is 1. The summed E-state index contributed by atoms with van der Waals surface area (Å²) in [6.07, 6.45) is 5.91. The molecule has 0 saturated heterocycles. The van der Waals surface area contributed by atoms with Crippen molar-refractivity contribution in [2.45, 2.75) is 36.2 Å². The molecule has 6 nitrogen and oxygen atoms in total. The van der Waals surface area contributed by atoms with Crippen LogP contribution in [0.25, 0.3) is 32.8 Å². The number of nitrogens with one attached hydrogen (secondary N) is 1. The van der Waals surface area contributed by atoms with Gasteiger partial charge in [0.05, 0.1) is 28.8 Å². The summed E-state index contributed by atoms with van der Waals surface area (Å²) in [5.74, 6) is 1.34. The number of aromatic amines is 1. The third-order valence-corrected chi connectivity index (χ3v) is 7.62. The van der Waals surface area contributed by atoms with Crippen LogP contribution in [-0.4, -0.2) is 19.5 Å². The molecule has 160 valence electrons. The standard InChI is InChI=1S/C24H20N4O2S2/c1-14(21-26-22(29)20-17(13-31-23(20)27-21)19-8-5-11-30-19)32-24-25-12-18(28(24)16-9-10-16)15-6-3-2-4-7-15/h2-8,11-14,16H,9-10H2,1H3,(H,26,27,29)/t14-/m0/s1. The van der Waals surface area contributed by atoms with Crippen molar-refractivity contribution in [2.24, 2.45) is 0 Å². The Hall–Kier alpha value is -3.10. The largest absolute Gasteiger partial charge is 0.464 e. The van der Waals surface area contributed by atoms with Crippen molar-refractivity contribution >= 4 is 33.3 Å². The number of aromatic nitrogens is 4. The molecule has 1 aliphatic rings. The molecule has 0 unspecified atom stereocenters. The highest BCUT2D eigenvalue weighted by molar-refractivity contribution is 7.99. The van der Waals surface area contributed by atoms with Crippen molar-refractivity contribution in [3.8, 4) is 22.6 Å². The first-order valence-corrected chi connectivity index (χ1v) is 12.3. The Morgan fingerprint density at radius 2 is 2.06 bits per heavy atom. The number of nitrogens with zero attached hydrogens (tertiary/aromatic N) is 3. The highest BCUT2D eigenvalue weighted by atomic mass is 32.2. The van der Waals surface area contributed by atoms with Gasteiger partial charge in [0.1, 0.15) is 16.4 Å². The molecule has 1 aliphatic carbocycles. The van der Waals surface area contributed by atoms with Gasteiger partial charge in [-0.2, -0.15) is 0 Å². The summed E-state index contributed by atoms with van der Waals surface area (Å²) in [6.45, 7) is 2.06. The molecule has 5 aromatic rings. The van der Waals surface area contributed by atoms with Gasteiger partial charge in [0, 0.05) is 17.0 Å². The maximum absolute atomic E-state index is 12.9. The normalized spacial score (nSPS) is 14.8. The minimum atomic E-state index is -0.138. The Bertz CT molecular complexity index is 1450. The van der Waals surface area contributed by atoms with Crippen molar-refractivity contribution < 1.29 is 4.42 Å². The third-order valence-electron chi connectivity index (χ3n) is 5.66. The monoisotopic (exact) mass is 460 g/mol. The molecule has 0 amide bonds. The molecular weight excluding hydrogens is 440 g/mol. The number of thioether (sulfide) groups is 1. The zero-order valence-corrected chi connectivity index (χ0v) is 19.0. The van der Waals surface area contributed by atoms with E-state index >= 15 is 0 Å². The van der Waals surface area contributed by atoms with Crippen LogP contribution < -0.4 is 5.56 Å². The number of imidazole rings is 1. The van der Waals surface area contributed by atoms with Crippen LogP contribution in [0, 0.1) is 0 Å². The summed E-state index contributed by atoms with van der Waals surface area (Å²) < 4.78 is 7.83. The van der Waals surface area contributed by atoms with Crippen molar-refractivity contribution in [2.75, 3.05) is 0 Å². The fourth-order valence-corrected chi connectivity index (χ4v) is 5.87. The number of benzene rings is 1. The second kappa shape index (κ2) is 7.79. The van der Waals surface area contributed by atoms with Gasteiger partial charge in [0.2, 0.25) is 0 Å². The van der Waals surface area contributed by atoms with Gasteiger partial charge in [-0.05, 0) is 37.5 Å². The Labute approximate surface area is 192 Å². The second-order valence-electron chi connectivity index (χ2n) is 7.91. The van der Waals surface area contributed by atoms with Gasteiger partial charge in [0.25, 0.3) is 5.56 Å². The van der Waals surface area contributed by atoms with E-state index in [-0.39, 0.29) is 10.8 Å². The smallest absolute Gasteiger partial charge is 0.260 e. The average molecular weight is 461 g/mol. The highest BCUT2D eigenvalue weighted by Gasteiger charge is 2.30. The maximum Gasteiger partial charge on any atom is 0.260 e. The molecule has 0 radical (unpaired) electrons. The molecule has 0 bridgehead atoms. The van der Waals surface area contributed by atoms with Gasteiger partial charge in [-0.3, -0.25) is 4.79 Å². The van der Waals surface area contributed by atoms with E-state index in [9.17, 15) is 4.79 Å². The lowest BCUT2D eigenvalue weighted by atomic mass is 10.2. The van der Waals surface area contributed by atoms with Crippen LogP contribution in [-0.2, 0) is 0 Å². The van der Waals surface area contributed by atoms with Crippen LogP contribution >= 0.6 is 23.1 Å². The predicted octanol–water partition coefficient (Wildman–Crippen LogP) is 6.30. The van der Waals surface area contributed by atoms with E-state index in [1.54, 1.807) is 18.0 Å². The molecule has 1 fully saturated rings. The maximum atomic E-state index is 12.9. The molecule has 1 saturated carbocycles. The van der Waals surface area contributed by atoms with Crippen molar-refractivity contribution in [3.63, 3.8) is 0 Å². The minimum absolute atomic E-state index is 0.0511. The summed E-state index contributed by atoms with van der Waals surface area (Å²) in [5.41, 5.74) is 2.96. The van der Waals surface area contributed by atoms with E-state index in [2.05, 4.69) is 40.7 Å². The number of fused-ring (bicyclic) bond motifs is 1. The summed E-state index contributed by atoms with van der Waals surface area (Å²) in [7, 11) is 0. The van der Waals surface area contributed by atoms with E-state index in [0.29, 0.717) is 23.0 Å². The molecule has 1 aromatic carbocycles. The summed E-state index contributed by atoms with van der Waals surface area (Å²) in [4.78, 5) is 26.2. The summed E-state index contributed by atoms with van der Waals surface area (Å²) in [6, 6.07) is 14.5. The summed E-state index contributed by atoms with van der Waals surface area (Å²) >= 11 is 3.10. The lowest BCUT2D eigenvalue weighted by Gasteiger charge is -2.14. The van der Waals surface area contributed by atoms with Gasteiger partial charge in [-0.15, -0.1) is 11.3 Å². The molecule has 32 heavy (non-hydrogen) atoms. The Morgan fingerprint density at radius 3 is 2.81 bits per heavy atom. The van der Waals surface area contributed by atoms with Crippen molar-refractivity contribution in [3.05, 3.63) is 76.5 Å². The zero-order chi connectivity index (χ0) is 21.7. The molecule has 4 heterocycles. The van der Waals surface area contributed by atoms with E-state index in [4.69, 9.17) is 14.4 Å². The first kappa shape index (κ1) is 19.6. The van der Waals surface area contributed by atoms with Gasteiger partial charge >= 0.3 is 0 Å².